The van der Waals surface area contributed by atoms with Crippen LogP contribution in [0.25, 0.3) is 22.6 Å². The monoisotopic (exact) mass is 434 g/mol. The molecule has 0 spiro atoms. The zero-order valence-corrected chi connectivity index (χ0v) is 18.4. The van der Waals surface area contributed by atoms with Crippen molar-refractivity contribution in [1.29, 1.82) is 0 Å². The second-order valence-corrected chi connectivity index (χ2v) is 8.23. The fourth-order valence-electron chi connectivity index (χ4n) is 3.18. The normalized spacial score (nSPS) is 11.1. The largest absolute Gasteiger partial charge is 0.493 e. The van der Waals surface area contributed by atoms with E-state index in [0.717, 1.165) is 16.9 Å². The summed E-state index contributed by atoms with van der Waals surface area (Å²) < 4.78 is 11.6. The number of carbonyl (C=O) groups is 1. The number of oxazole rings is 1. The molecule has 0 saturated carbocycles. The molecule has 0 bridgehead atoms. The van der Waals surface area contributed by atoms with Gasteiger partial charge in [-0.25, -0.2) is 4.98 Å². The van der Waals surface area contributed by atoms with Gasteiger partial charge in [0.15, 0.2) is 5.58 Å². The predicted molar refractivity (Wildman–Crippen MR) is 124 cm³/mol. The molecule has 0 radical (unpaired) electrons. The minimum atomic E-state index is -0.194. The number of amides is 1. The lowest BCUT2D eigenvalue weighted by Crippen LogP contribution is -2.13. The number of rotatable bonds is 6. The van der Waals surface area contributed by atoms with Crippen molar-refractivity contribution in [2.45, 2.75) is 20.8 Å². The first kappa shape index (κ1) is 20.9. The average Bonchev–Trinajstić information content (AvgIpc) is 3.17. The highest BCUT2D eigenvalue weighted by molar-refractivity contribution is 6.31. The summed E-state index contributed by atoms with van der Waals surface area (Å²) in [5.74, 6) is 1.48. The number of nitrogens with zero attached hydrogens (tertiary/aromatic N) is 1. The van der Waals surface area contributed by atoms with E-state index in [1.54, 1.807) is 30.3 Å². The number of carbonyl (C=O) groups excluding carboxylic acids is 1. The number of hydrogen-bond acceptors (Lipinski definition) is 4. The zero-order valence-electron chi connectivity index (χ0n) is 17.6. The quantitative estimate of drug-likeness (QED) is 0.364. The molecule has 0 aliphatic heterocycles. The van der Waals surface area contributed by atoms with Gasteiger partial charge in [0.05, 0.1) is 6.61 Å². The summed E-state index contributed by atoms with van der Waals surface area (Å²) in [5, 5.41) is 3.58. The minimum Gasteiger partial charge on any atom is -0.493 e. The van der Waals surface area contributed by atoms with Crippen LogP contribution in [-0.4, -0.2) is 17.5 Å². The molecule has 6 heteroatoms. The summed E-state index contributed by atoms with van der Waals surface area (Å²) in [6.07, 6.45) is 0. The lowest BCUT2D eigenvalue weighted by atomic mass is 10.1. The second kappa shape index (κ2) is 8.82. The van der Waals surface area contributed by atoms with Crippen LogP contribution in [0.15, 0.2) is 65.1 Å². The van der Waals surface area contributed by atoms with E-state index in [9.17, 15) is 4.79 Å². The van der Waals surface area contributed by atoms with Crippen molar-refractivity contribution in [1.82, 2.24) is 4.98 Å². The van der Waals surface area contributed by atoms with E-state index in [2.05, 4.69) is 24.1 Å². The molecule has 0 saturated heterocycles. The van der Waals surface area contributed by atoms with Crippen molar-refractivity contribution in [2.24, 2.45) is 5.92 Å². The van der Waals surface area contributed by atoms with Gasteiger partial charge in [-0.2, -0.15) is 0 Å². The van der Waals surface area contributed by atoms with Crippen LogP contribution in [0.5, 0.6) is 5.75 Å². The van der Waals surface area contributed by atoms with E-state index in [4.69, 9.17) is 20.8 Å². The summed E-state index contributed by atoms with van der Waals surface area (Å²) in [6, 6.07) is 18.1. The van der Waals surface area contributed by atoms with E-state index < -0.39 is 0 Å². The maximum atomic E-state index is 12.8. The van der Waals surface area contributed by atoms with Gasteiger partial charge in [0.25, 0.3) is 5.91 Å². The van der Waals surface area contributed by atoms with E-state index >= 15 is 0 Å². The SMILES string of the molecule is Cc1c(NC(=O)c2ccc(OCC(C)C)cc2)cccc1-c1nc2cc(Cl)ccc2o1. The van der Waals surface area contributed by atoms with Crippen LogP contribution < -0.4 is 10.1 Å². The van der Waals surface area contributed by atoms with Crippen LogP contribution in [0.3, 0.4) is 0 Å². The minimum absolute atomic E-state index is 0.194. The predicted octanol–water partition coefficient (Wildman–Crippen LogP) is 6.74. The Morgan fingerprint density at radius 2 is 1.90 bits per heavy atom. The second-order valence-electron chi connectivity index (χ2n) is 7.79. The van der Waals surface area contributed by atoms with Gasteiger partial charge in [-0.1, -0.05) is 31.5 Å². The first-order valence-electron chi connectivity index (χ1n) is 10.1. The number of benzene rings is 3. The Kier molecular flexibility index (Phi) is 5.96. The van der Waals surface area contributed by atoms with E-state index in [1.807, 2.05) is 37.3 Å². The molecule has 1 N–H and O–H groups in total. The number of aromatic nitrogens is 1. The highest BCUT2D eigenvalue weighted by atomic mass is 35.5. The summed E-state index contributed by atoms with van der Waals surface area (Å²) in [4.78, 5) is 17.3. The molecule has 0 atom stereocenters. The van der Waals surface area contributed by atoms with Gasteiger partial charge < -0.3 is 14.5 Å². The van der Waals surface area contributed by atoms with Crippen LogP contribution in [-0.2, 0) is 0 Å². The number of halogens is 1. The van der Waals surface area contributed by atoms with Gasteiger partial charge in [-0.3, -0.25) is 4.79 Å². The molecule has 0 fully saturated rings. The average molecular weight is 435 g/mol. The molecule has 0 aliphatic carbocycles. The zero-order chi connectivity index (χ0) is 22.0. The van der Waals surface area contributed by atoms with Crippen LogP contribution in [0.4, 0.5) is 5.69 Å². The number of ether oxygens (including phenoxy) is 1. The molecule has 4 aromatic rings. The van der Waals surface area contributed by atoms with Crippen LogP contribution >= 0.6 is 11.6 Å². The Labute approximate surface area is 186 Å². The third-order valence-corrected chi connectivity index (χ3v) is 5.10. The third-order valence-electron chi connectivity index (χ3n) is 4.86. The van der Waals surface area contributed by atoms with Crippen LogP contribution in [0.1, 0.15) is 29.8 Å². The number of anilines is 1. The van der Waals surface area contributed by atoms with Crippen molar-refractivity contribution >= 4 is 34.3 Å². The van der Waals surface area contributed by atoms with Gasteiger partial charge in [0, 0.05) is 21.8 Å². The molecule has 0 aliphatic rings. The molecule has 1 amide bonds. The molecule has 1 heterocycles. The van der Waals surface area contributed by atoms with Gasteiger partial charge in [-0.05, 0) is 73.0 Å². The van der Waals surface area contributed by atoms with E-state index in [-0.39, 0.29) is 5.91 Å². The number of nitrogens with one attached hydrogen (secondary N) is 1. The summed E-state index contributed by atoms with van der Waals surface area (Å²) in [7, 11) is 0. The molecule has 5 nitrogen and oxygen atoms in total. The van der Waals surface area contributed by atoms with Crippen LogP contribution in [0.2, 0.25) is 5.02 Å². The maximum absolute atomic E-state index is 12.8. The van der Waals surface area contributed by atoms with E-state index in [1.165, 1.54) is 0 Å². The first-order chi connectivity index (χ1) is 14.9. The molecular formula is C25H23ClN2O3. The Balaban J connectivity index is 1.54. The van der Waals surface area contributed by atoms with Crippen molar-refractivity contribution in [2.75, 3.05) is 11.9 Å². The maximum Gasteiger partial charge on any atom is 0.255 e. The van der Waals surface area contributed by atoms with Crippen molar-refractivity contribution < 1.29 is 13.9 Å². The molecule has 0 unspecified atom stereocenters. The Hall–Kier alpha value is -3.31. The first-order valence-corrected chi connectivity index (χ1v) is 10.5. The summed E-state index contributed by atoms with van der Waals surface area (Å²) >= 11 is 6.05. The Morgan fingerprint density at radius 1 is 1.13 bits per heavy atom. The molecule has 158 valence electrons. The molecule has 4 rings (SSSR count). The van der Waals surface area contributed by atoms with Crippen molar-refractivity contribution in [3.8, 4) is 17.2 Å². The highest BCUT2D eigenvalue weighted by Gasteiger charge is 2.15. The van der Waals surface area contributed by atoms with Gasteiger partial charge in [0.2, 0.25) is 5.89 Å². The topological polar surface area (TPSA) is 64.4 Å². The van der Waals surface area contributed by atoms with Gasteiger partial charge >= 0.3 is 0 Å². The smallest absolute Gasteiger partial charge is 0.255 e. The van der Waals surface area contributed by atoms with Crippen molar-refractivity contribution in [3.05, 3.63) is 76.8 Å². The number of fused-ring (bicyclic) bond motifs is 1. The summed E-state index contributed by atoms with van der Waals surface area (Å²) in [5.41, 5.74) is 4.28. The highest BCUT2D eigenvalue weighted by Crippen LogP contribution is 2.31. The van der Waals surface area contributed by atoms with Crippen LogP contribution in [0, 0.1) is 12.8 Å². The summed E-state index contributed by atoms with van der Waals surface area (Å²) in [6.45, 7) is 6.75. The standard InChI is InChI=1S/C25H23ClN2O3/c1-15(2)14-30-19-10-7-17(8-11-19)24(29)27-21-6-4-5-20(16(21)3)25-28-22-13-18(26)9-12-23(22)31-25/h4-13,15H,14H2,1-3H3,(H,27,29). The fraction of sp³-hybridized carbons (Fsp3) is 0.200. The van der Waals surface area contributed by atoms with Crippen molar-refractivity contribution in [3.63, 3.8) is 0 Å². The van der Waals surface area contributed by atoms with E-state index in [0.29, 0.717) is 45.8 Å². The Bertz CT molecular complexity index is 1230. The fourth-order valence-corrected chi connectivity index (χ4v) is 3.34. The Morgan fingerprint density at radius 3 is 2.65 bits per heavy atom. The van der Waals surface area contributed by atoms with Gasteiger partial charge in [0.1, 0.15) is 11.3 Å². The molecular weight excluding hydrogens is 412 g/mol. The van der Waals surface area contributed by atoms with Gasteiger partial charge in [-0.15, -0.1) is 0 Å². The molecule has 31 heavy (non-hydrogen) atoms. The molecule has 3 aromatic carbocycles. The lowest BCUT2D eigenvalue weighted by Gasteiger charge is -2.12. The molecule has 1 aromatic heterocycles. The third kappa shape index (κ3) is 4.72. The lowest BCUT2D eigenvalue weighted by molar-refractivity contribution is 0.102. The number of hydrogen-bond donors (Lipinski definition) is 1.